The molecule has 0 radical (unpaired) electrons. The first-order valence-corrected chi connectivity index (χ1v) is 5.70. The number of aromatic nitrogens is 2. The van der Waals surface area contributed by atoms with Crippen molar-refractivity contribution in [2.24, 2.45) is 0 Å². The number of hydrogen-bond donors (Lipinski definition) is 0. The zero-order valence-electron chi connectivity index (χ0n) is 10.3. The minimum atomic E-state index is -1.30. The Morgan fingerprint density at radius 2 is 1.95 bits per heavy atom. The maximum absolute atomic E-state index is 13.5. The largest absolute Gasteiger partial charge is 0.357 e. The minimum absolute atomic E-state index is 0.213. The normalized spacial score (nSPS) is 10.5. The highest BCUT2D eigenvalue weighted by molar-refractivity contribution is 5.39. The van der Waals surface area contributed by atoms with Gasteiger partial charge in [-0.15, -0.1) is 0 Å². The van der Waals surface area contributed by atoms with E-state index in [1.807, 2.05) is 12.1 Å². The second kappa shape index (κ2) is 5.69. The number of hydrogen-bond acceptors (Lipinski definition) is 3. The molecule has 0 spiro atoms. The first-order valence-electron chi connectivity index (χ1n) is 5.70. The molecule has 2 aromatic rings. The molecule has 0 saturated carbocycles. The molecule has 0 aliphatic heterocycles. The van der Waals surface area contributed by atoms with Crippen LogP contribution in [0.15, 0.2) is 30.5 Å². The lowest BCUT2D eigenvalue weighted by Crippen LogP contribution is -2.23. The first-order chi connectivity index (χ1) is 9.08. The van der Waals surface area contributed by atoms with Gasteiger partial charge in [-0.3, -0.25) is 4.98 Å². The first kappa shape index (κ1) is 13.3. The Labute approximate surface area is 108 Å². The highest BCUT2D eigenvalue weighted by Gasteiger charge is 2.15. The van der Waals surface area contributed by atoms with Crippen LogP contribution in [-0.2, 0) is 6.42 Å². The third-order valence-electron chi connectivity index (χ3n) is 2.66. The summed E-state index contributed by atoms with van der Waals surface area (Å²) < 4.78 is 39.2. The van der Waals surface area contributed by atoms with Gasteiger partial charge in [0.05, 0.1) is 0 Å². The molecular formula is C13H12F3N3. The molecule has 100 valence electrons. The second-order valence-corrected chi connectivity index (χ2v) is 4.06. The summed E-state index contributed by atoms with van der Waals surface area (Å²) in [5.74, 6) is -3.70. The topological polar surface area (TPSA) is 29.0 Å². The average molecular weight is 267 g/mol. The molecule has 3 nitrogen and oxygen atoms in total. The number of anilines is 1. The molecule has 0 aliphatic rings. The van der Waals surface area contributed by atoms with Crippen LogP contribution in [0, 0.1) is 17.6 Å². The molecule has 6 heteroatoms. The van der Waals surface area contributed by atoms with Crippen molar-refractivity contribution < 1.29 is 13.2 Å². The van der Waals surface area contributed by atoms with Crippen LogP contribution in [0.1, 0.15) is 5.69 Å². The molecule has 0 fully saturated rings. The van der Waals surface area contributed by atoms with Crippen LogP contribution in [-0.4, -0.2) is 23.6 Å². The summed E-state index contributed by atoms with van der Waals surface area (Å²) in [5, 5.41) is 0. The third-order valence-corrected chi connectivity index (χ3v) is 2.66. The second-order valence-electron chi connectivity index (χ2n) is 4.06. The van der Waals surface area contributed by atoms with Gasteiger partial charge in [0.2, 0.25) is 0 Å². The fourth-order valence-electron chi connectivity index (χ4n) is 1.64. The Morgan fingerprint density at radius 3 is 2.63 bits per heavy atom. The molecule has 0 unspecified atom stereocenters. The van der Waals surface area contributed by atoms with Crippen molar-refractivity contribution in [2.75, 3.05) is 18.5 Å². The third kappa shape index (κ3) is 3.21. The van der Waals surface area contributed by atoms with Crippen LogP contribution >= 0.6 is 0 Å². The van der Waals surface area contributed by atoms with E-state index in [2.05, 4.69) is 9.97 Å². The van der Waals surface area contributed by atoms with Crippen LogP contribution in [0.25, 0.3) is 0 Å². The minimum Gasteiger partial charge on any atom is -0.357 e. The smallest absolute Gasteiger partial charge is 0.251 e. The molecule has 2 aromatic heterocycles. The molecule has 0 N–H and O–H groups in total. The zero-order valence-corrected chi connectivity index (χ0v) is 10.3. The fraction of sp³-hybridized carbons (Fsp3) is 0.231. The predicted octanol–water partition coefficient (Wildman–Crippen LogP) is 2.57. The standard InChI is InChI=1S/C13H12F3N3/c1-19(7-5-9-4-2-3-6-17-9)13-11(15)8-10(14)12(16)18-13/h2-4,6,8H,5,7H2,1H3. The van der Waals surface area contributed by atoms with Gasteiger partial charge in [-0.1, -0.05) is 6.07 Å². The Balaban J connectivity index is 2.08. The maximum atomic E-state index is 13.5. The van der Waals surface area contributed by atoms with Crippen molar-refractivity contribution in [3.8, 4) is 0 Å². The van der Waals surface area contributed by atoms with Crippen molar-refractivity contribution in [1.29, 1.82) is 0 Å². The molecular weight excluding hydrogens is 255 g/mol. The highest BCUT2D eigenvalue weighted by atomic mass is 19.2. The molecule has 0 bridgehead atoms. The van der Waals surface area contributed by atoms with E-state index >= 15 is 0 Å². The van der Waals surface area contributed by atoms with Gasteiger partial charge in [-0.2, -0.15) is 9.37 Å². The van der Waals surface area contributed by atoms with Crippen molar-refractivity contribution in [2.45, 2.75) is 6.42 Å². The number of likely N-dealkylation sites (N-methyl/N-ethyl adjacent to an activating group) is 1. The van der Waals surface area contributed by atoms with Gasteiger partial charge in [0, 0.05) is 38.0 Å². The SMILES string of the molecule is CN(CCc1ccccn1)c1nc(F)c(F)cc1F. The van der Waals surface area contributed by atoms with E-state index in [9.17, 15) is 13.2 Å². The van der Waals surface area contributed by atoms with Gasteiger partial charge in [-0.05, 0) is 12.1 Å². The van der Waals surface area contributed by atoms with Gasteiger partial charge in [0.15, 0.2) is 17.5 Å². The summed E-state index contributed by atoms with van der Waals surface area (Å²) in [6, 6.07) is 5.97. The van der Waals surface area contributed by atoms with Crippen LogP contribution < -0.4 is 4.90 Å². The van der Waals surface area contributed by atoms with Crippen LogP contribution in [0.4, 0.5) is 19.0 Å². The molecule has 0 aliphatic carbocycles. The van der Waals surface area contributed by atoms with Crippen LogP contribution in [0.5, 0.6) is 0 Å². The number of pyridine rings is 2. The number of nitrogens with zero attached hydrogens (tertiary/aromatic N) is 3. The maximum Gasteiger partial charge on any atom is 0.251 e. The Bertz CT molecular complexity index is 561. The molecule has 19 heavy (non-hydrogen) atoms. The summed E-state index contributed by atoms with van der Waals surface area (Å²) >= 11 is 0. The highest BCUT2D eigenvalue weighted by Crippen LogP contribution is 2.17. The molecule has 0 aromatic carbocycles. The van der Waals surface area contributed by atoms with E-state index in [0.29, 0.717) is 19.0 Å². The lowest BCUT2D eigenvalue weighted by molar-refractivity contribution is 0.463. The summed E-state index contributed by atoms with van der Waals surface area (Å²) in [7, 11) is 1.56. The monoisotopic (exact) mass is 267 g/mol. The van der Waals surface area contributed by atoms with Crippen molar-refractivity contribution in [1.82, 2.24) is 9.97 Å². The Kier molecular flexibility index (Phi) is 3.99. The quantitative estimate of drug-likeness (QED) is 0.797. The molecule has 2 rings (SSSR count). The lowest BCUT2D eigenvalue weighted by atomic mass is 10.2. The lowest BCUT2D eigenvalue weighted by Gasteiger charge is -2.18. The summed E-state index contributed by atoms with van der Waals surface area (Å²) in [4.78, 5) is 8.82. The summed E-state index contributed by atoms with van der Waals surface area (Å²) in [5.41, 5.74) is 0.831. The average Bonchev–Trinajstić information content (AvgIpc) is 2.41. The molecule has 2 heterocycles. The Hall–Kier alpha value is -2.11. The summed E-state index contributed by atoms with van der Waals surface area (Å²) in [6.45, 7) is 0.395. The van der Waals surface area contributed by atoms with E-state index in [1.165, 1.54) is 4.90 Å². The van der Waals surface area contributed by atoms with Crippen molar-refractivity contribution in [3.05, 3.63) is 53.7 Å². The molecule has 0 saturated heterocycles. The van der Waals surface area contributed by atoms with Gasteiger partial charge in [0.1, 0.15) is 0 Å². The molecule has 0 atom stereocenters. The zero-order chi connectivity index (χ0) is 13.8. The van der Waals surface area contributed by atoms with E-state index in [-0.39, 0.29) is 5.82 Å². The van der Waals surface area contributed by atoms with E-state index in [0.717, 1.165) is 5.69 Å². The van der Waals surface area contributed by atoms with Crippen molar-refractivity contribution >= 4 is 5.82 Å². The van der Waals surface area contributed by atoms with Crippen LogP contribution in [0.3, 0.4) is 0 Å². The van der Waals surface area contributed by atoms with Gasteiger partial charge in [0.25, 0.3) is 5.95 Å². The van der Waals surface area contributed by atoms with Gasteiger partial charge >= 0.3 is 0 Å². The fourth-order valence-corrected chi connectivity index (χ4v) is 1.64. The van der Waals surface area contributed by atoms with Gasteiger partial charge < -0.3 is 4.90 Å². The van der Waals surface area contributed by atoms with Crippen LogP contribution in [0.2, 0.25) is 0 Å². The summed E-state index contributed by atoms with van der Waals surface area (Å²) in [6.07, 6.45) is 2.21. The Morgan fingerprint density at radius 1 is 1.16 bits per heavy atom. The van der Waals surface area contributed by atoms with Gasteiger partial charge in [-0.25, -0.2) is 8.78 Å². The number of halogens is 3. The van der Waals surface area contributed by atoms with E-state index < -0.39 is 17.6 Å². The predicted molar refractivity (Wildman–Crippen MR) is 65.3 cm³/mol. The molecule has 0 amide bonds. The number of rotatable bonds is 4. The van der Waals surface area contributed by atoms with E-state index in [4.69, 9.17) is 0 Å². The van der Waals surface area contributed by atoms with Crippen molar-refractivity contribution in [3.63, 3.8) is 0 Å². The van der Waals surface area contributed by atoms with E-state index in [1.54, 1.807) is 19.3 Å².